The zero-order chi connectivity index (χ0) is 58.5. The van der Waals surface area contributed by atoms with Crippen LogP contribution < -0.4 is 5.32 Å². The summed E-state index contributed by atoms with van der Waals surface area (Å²) in [5.41, 5.74) is 0. The fraction of sp³-hybridized carbons (Fsp3) is 0.920. The van der Waals surface area contributed by atoms with Crippen LogP contribution >= 0.6 is 0 Å². The second-order valence-corrected chi connectivity index (χ2v) is 25.6. The maximum absolute atomic E-state index is 12.5. The van der Waals surface area contributed by atoms with E-state index in [0.29, 0.717) is 25.9 Å². The van der Waals surface area contributed by atoms with Gasteiger partial charge in [-0.2, -0.15) is 0 Å². The van der Waals surface area contributed by atoms with Crippen molar-refractivity contribution in [3.8, 4) is 0 Å². The molecular formula is C75H145NO5. The summed E-state index contributed by atoms with van der Waals surface area (Å²) in [6, 6.07) is -0.538. The van der Waals surface area contributed by atoms with E-state index in [0.717, 1.165) is 44.9 Å². The number of rotatable bonds is 70. The Balaban J connectivity index is 3.33. The molecule has 1 amide bonds. The fourth-order valence-electron chi connectivity index (χ4n) is 11.8. The second-order valence-electron chi connectivity index (χ2n) is 25.6. The molecule has 0 radical (unpaired) electrons. The average Bonchev–Trinajstić information content (AvgIpc) is 3.47. The van der Waals surface area contributed by atoms with Gasteiger partial charge in [0.2, 0.25) is 5.91 Å². The number of amides is 1. The third kappa shape index (κ3) is 67.3. The summed E-state index contributed by atoms with van der Waals surface area (Å²) >= 11 is 0. The van der Waals surface area contributed by atoms with E-state index in [2.05, 4.69) is 43.5 Å². The van der Waals surface area contributed by atoms with Gasteiger partial charge in [0.05, 0.1) is 25.4 Å². The Kier molecular flexibility index (Phi) is 69.4. The standard InChI is InChI=1S/C75H145NO5/c1-3-5-7-9-11-13-15-16-17-41-44-48-51-55-59-63-67-73(78)72(71-77)76-74(79)68-64-60-56-52-49-45-42-39-37-35-33-31-29-27-25-23-21-19-18-20-22-24-26-28-30-32-34-36-38-40-43-46-50-54-58-62-66-70-81-75(80)69-65-61-57-53-47-14-12-10-8-6-4-2/h10,12,18,20,72-73,77-78H,3-9,11,13-17,19,21-71H2,1-2H3,(H,76,79)/b12-10-,20-18-. The number of carbonyl (C=O) groups is 2. The first-order valence-corrected chi connectivity index (χ1v) is 37.1. The number of hydrogen-bond acceptors (Lipinski definition) is 5. The first kappa shape index (κ1) is 79.3. The second kappa shape index (κ2) is 70.8. The van der Waals surface area contributed by atoms with Crippen LogP contribution in [0.3, 0.4) is 0 Å². The number of hydrogen-bond donors (Lipinski definition) is 3. The number of ether oxygens (including phenoxy) is 1. The Morgan fingerprint density at radius 1 is 0.333 bits per heavy atom. The highest BCUT2D eigenvalue weighted by Crippen LogP contribution is 2.19. The zero-order valence-electron chi connectivity index (χ0n) is 55.0. The van der Waals surface area contributed by atoms with Crippen molar-refractivity contribution in [2.45, 2.75) is 431 Å². The van der Waals surface area contributed by atoms with E-state index in [9.17, 15) is 19.8 Å². The fourth-order valence-corrected chi connectivity index (χ4v) is 11.8. The molecule has 6 nitrogen and oxygen atoms in total. The number of unbranched alkanes of at least 4 members (excludes halogenated alkanes) is 55. The minimum atomic E-state index is -0.661. The van der Waals surface area contributed by atoms with Gasteiger partial charge in [0.15, 0.2) is 0 Å². The molecule has 0 aromatic carbocycles. The summed E-state index contributed by atoms with van der Waals surface area (Å²) in [4.78, 5) is 24.5. The predicted molar refractivity (Wildman–Crippen MR) is 356 cm³/mol. The van der Waals surface area contributed by atoms with Crippen LogP contribution in [0, 0.1) is 0 Å². The first-order chi connectivity index (χ1) is 40.0. The molecule has 6 heteroatoms. The minimum absolute atomic E-state index is 0.0108. The van der Waals surface area contributed by atoms with Crippen molar-refractivity contribution in [2.24, 2.45) is 0 Å². The summed E-state index contributed by atoms with van der Waals surface area (Å²) < 4.78 is 5.47. The molecule has 0 heterocycles. The van der Waals surface area contributed by atoms with Crippen molar-refractivity contribution in [3.05, 3.63) is 24.3 Å². The molecule has 0 aliphatic carbocycles. The van der Waals surface area contributed by atoms with Crippen molar-refractivity contribution >= 4 is 11.9 Å². The van der Waals surface area contributed by atoms with E-state index >= 15 is 0 Å². The Morgan fingerprint density at radius 3 is 0.914 bits per heavy atom. The molecule has 480 valence electrons. The van der Waals surface area contributed by atoms with Gasteiger partial charge in [-0.15, -0.1) is 0 Å². The average molecular weight is 1140 g/mol. The maximum Gasteiger partial charge on any atom is 0.305 e. The molecule has 0 spiro atoms. The van der Waals surface area contributed by atoms with E-state index in [-0.39, 0.29) is 18.5 Å². The van der Waals surface area contributed by atoms with Crippen molar-refractivity contribution in [1.82, 2.24) is 5.32 Å². The number of aliphatic hydroxyl groups excluding tert-OH is 2. The van der Waals surface area contributed by atoms with Gasteiger partial charge in [-0.3, -0.25) is 9.59 Å². The third-order valence-corrected chi connectivity index (χ3v) is 17.5. The van der Waals surface area contributed by atoms with Crippen LogP contribution in [-0.4, -0.2) is 47.4 Å². The summed E-state index contributed by atoms with van der Waals surface area (Å²) in [6.07, 6.45) is 89.7. The third-order valence-electron chi connectivity index (χ3n) is 17.5. The Hall–Kier alpha value is -1.66. The summed E-state index contributed by atoms with van der Waals surface area (Å²) in [5, 5.41) is 23.4. The van der Waals surface area contributed by atoms with Gasteiger partial charge < -0.3 is 20.3 Å². The van der Waals surface area contributed by atoms with Gasteiger partial charge in [0.25, 0.3) is 0 Å². The smallest absolute Gasteiger partial charge is 0.305 e. The molecule has 0 saturated heterocycles. The quantitative estimate of drug-likeness (QED) is 0.0320. The predicted octanol–water partition coefficient (Wildman–Crippen LogP) is 24.1. The number of nitrogens with one attached hydrogen (secondary N) is 1. The van der Waals surface area contributed by atoms with E-state index in [4.69, 9.17) is 4.74 Å². The summed E-state index contributed by atoms with van der Waals surface area (Å²) in [7, 11) is 0. The van der Waals surface area contributed by atoms with Crippen LogP contribution in [0.2, 0.25) is 0 Å². The van der Waals surface area contributed by atoms with Crippen LogP contribution in [0.25, 0.3) is 0 Å². The molecule has 0 bridgehead atoms. The molecule has 81 heavy (non-hydrogen) atoms. The molecule has 0 fully saturated rings. The van der Waals surface area contributed by atoms with Gasteiger partial charge in [-0.05, 0) is 70.6 Å². The first-order valence-electron chi connectivity index (χ1n) is 37.1. The summed E-state index contributed by atoms with van der Waals surface area (Å²) in [5.74, 6) is -0.0165. The summed E-state index contributed by atoms with van der Waals surface area (Å²) in [6.45, 7) is 4.95. The van der Waals surface area contributed by atoms with Gasteiger partial charge >= 0.3 is 5.97 Å². The Bertz CT molecular complexity index is 1270. The van der Waals surface area contributed by atoms with Gasteiger partial charge in [0.1, 0.15) is 0 Å². The normalized spacial score (nSPS) is 12.6. The lowest BCUT2D eigenvalue weighted by atomic mass is 10.0. The molecule has 0 aromatic heterocycles. The van der Waals surface area contributed by atoms with Crippen LogP contribution in [0.4, 0.5) is 0 Å². The Morgan fingerprint density at radius 2 is 0.593 bits per heavy atom. The van der Waals surface area contributed by atoms with Crippen molar-refractivity contribution in [2.75, 3.05) is 13.2 Å². The molecule has 0 aliphatic heterocycles. The largest absolute Gasteiger partial charge is 0.466 e. The lowest BCUT2D eigenvalue weighted by Crippen LogP contribution is -2.45. The number of carbonyl (C=O) groups excluding carboxylic acids is 2. The number of allylic oxidation sites excluding steroid dienone is 4. The lowest BCUT2D eigenvalue weighted by Gasteiger charge is -2.22. The topological polar surface area (TPSA) is 95.9 Å². The lowest BCUT2D eigenvalue weighted by molar-refractivity contribution is -0.143. The molecule has 2 atom stereocenters. The zero-order valence-corrected chi connectivity index (χ0v) is 55.0. The van der Waals surface area contributed by atoms with E-state index in [1.54, 1.807) is 0 Å². The van der Waals surface area contributed by atoms with Crippen LogP contribution in [0.15, 0.2) is 24.3 Å². The van der Waals surface area contributed by atoms with Crippen molar-refractivity contribution in [1.29, 1.82) is 0 Å². The highest BCUT2D eigenvalue weighted by atomic mass is 16.5. The van der Waals surface area contributed by atoms with Crippen LogP contribution in [-0.2, 0) is 14.3 Å². The van der Waals surface area contributed by atoms with E-state index in [1.165, 1.54) is 340 Å². The molecule has 3 N–H and O–H groups in total. The van der Waals surface area contributed by atoms with Gasteiger partial charge in [0, 0.05) is 12.8 Å². The van der Waals surface area contributed by atoms with Crippen LogP contribution in [0.5, 0.6) is 0 Å². The van der Waals surface area contributed by atoms with Gasteiger partial charge in [-0.1, -0.05) is 359 Å². The number of aliphatic hydroxyl groups is 2. The molecular weight excluding hydrogens is 995 g/mol. The molecule has 0 saturated carbocycles. The monoisotopic (exact) mass is 1140 g/mol. The van der Waals surface area contributed by atoms with Gasteiger partial charge in [-0.25, -0.2) is 0 Å². The van der Waals surface area contributed by atoms with Crippen molar-refractivity contribution in [3.63, 3.8) is 0 Å². The molecule has 0 rings (SSSR count). The van der Waals surface area contributed by atoms with E-state index in [1.807, 2.05) is 0 Å². The Labute approximate surface area is 507 Å². The van der Waals surface area contributed by atoms with E-state index < -0.39 is 12.1 Å². The minimum Gasteiger partial charge on any atom is -0.466 e. The highest BCUT2D eigenvalue weighted by molar-refractivity contribution is 5.76. The molecule has 0 aliphatic rings. The highest BCUT2D eigenvalue weighted by Gasteiger charge is 2.20. The van der Waals surface area contributed by atoms with Crippen LogP contribution in [0.1, 0.15) is 418 Å². The maximum atomic E-state index is 12.5. The number of esters is 1. The van der Waals surface area contributed by atoms with Crippen molar-refractivity contribution < 1.29 is 24.5 Å². The molecule has 2 unspecified atom stereocenters. The SMILES string of the molecule is CCCC/C=C\CCCCCCCC(=O)OCCCCCCCCCCCCCCCCCC/C=C\CCCCCCCCCCCCCCCCCCCC(=O)NC(CO)C(O)CCCCCCCCCCCCCCCCCC. The molecule has 0 aromatic rings.